The zero-order chi connectivity index (χ0) is 24.3. The number of sulfone groups is 1. The van der Waals surface area contributed by atoms with Crippen molar-refractivity contribution in [3.05, 3.63) is 52.8 Å². The molecule has 0 fully saturated rings. The molecule has 0 aliphatic heterocycles. The average Bonchev–Trinajstić information content (AvgIpc) is 2.71. The molecule has 0 bridgehead atoms. The van der Waals surface area contributed by atoms with Crippen molar-refractivity contribution in [3.8, 4) is 0 Å². The van der Waals surface area contributed by atoms with E-state index in [0.29, 0.717) is 18.0 Å². The van der Waals surface area contributed by atoms with E-state index in [2.05, 4.69) is 10.3 Å². The summed E-state index contributed by atoms with van der Waals surface area (Å²) in [6, 6.07) is 3.49. The molecule has 0 saturated carbocycles. The Kier molecular flexibility index (Phi) is 7.59. The minimum atomic E-state index is -4.85. The fraction of sp³-hybridized carbons (Fsp3) is 0.400. The van der Waals surface area contributed by atoms with Crippen molar-refractivity contribution in [2.75, 3.05) is 18.1 Å². The molecule has 0 aliphatic carbocycles. The number of nitrogens with one attached hydrogen (secondary N) is 1. The second-order valence-electron chi connectivity index (χ2n) is 6.87. The molecule has 0 spiro atoms. The van der Waals surface area contributed by atoms with Crippen molar-refractivity contribution in [1.29, 1.82) is 0 Å². The number of hydrogen-bond acceptors (Lipinski definition) is 5. The molecule has 0 amide bonds. The summed E-state index contributed by atoms with van der Waals surface area (Å²) in [5.74, 6) is -1.35. The van der Waals surface area contributed by atoms with E-state index >= 15 is 0 Å². The van der Waals surface area contributed by atoms with E-state index in [1.54, 1.807) is 0 Å². The van der Waals surface area contributed by atoms with Gasteiger partial charge in [-0.2, -0.15) is 26.3 Å². The number of hydrogen-bond donors (Lipinski definition) is 1. The van der Waals surface area contributed by atoms with E-state index < -0.39 is 55.4 Å². The summed E-state index contributed by atoms with van der Waals surface area (Å²) >= 11 is 0. The molecule has 12 heteroatoms. The molecule has 176 valence electrons. The van der Waals surface area contributed by atoms with Crippen molar-refractivity contribution in [2.45, 2.75) is 43.4 Å². The van der Waals surface area contributed by atoms with Gasteiger partial charge in [0.1, 0.15) is 5.69 Å². The Labute approximate surface area is 180 Å². The molecule has 2 rings (SSSR count). The zero-order valence-corrected chi connectivity index (χ0v) is 17.9. The minimum absolute atomic E-state index is 0.0309. The molecule has 0 radical (unpaired) electrons. The van der Waals surface area contributed by atoms with Gasteiger partial charge in [0, 0.05) is 25.4 Å². The average molecular weight is 482 g/mol. The lowest BCUT2D eigenvalue weighted by molar-refractivity contribution is -0.138. The topological polar surface area (TPSA) is 76.1 Å². The number of aryl methyl sites for hydroxylation is 1. The minimum Gasteiger partial charge on any atom is -0.388 e. The van der Waals surface area contributed by atoms with Crippen molar-refractivity contribution in [2.24, 2.45) is 0 Å². The second kappa shape index (κ2) is 9.47. The summed E-state index contributed by atoms with van der Waals surface area (Å²) in [5, 5.41) is 2.75. The lowest BCUT2D eigenvalue weighted by Gasteiger charge is -2.14. The predicted octanol–water partition coefficient (Wildman–Crippen LogP) is 5.16. The Morgan fingerprint density at radius 1 is 1.03 bits per heavy atom. The molecule has 32 heavy (non-hydrogen) atoms. The second-order valence-corrected chi connectivity index (χ2v) is 9.12. The largest absolute Gasteiger partial charge is 0.417 e. The molecule has 0 atom stereocenters. The van der Waals surface area contributed by atoms with Gasteiger partial charge >= 0.3 is 12.4 Å². The molecule has 1 aromatic heterocycles. The smallest absolute Gasteiger partial charge is 0.388 e. The number of rotatable bonds is 8. The molecule has 2 aromatic rings. The summed E-state index contributed by atoms with van der Waals surface area (Å²) in [7, 11) is -2.67. The highest BCUT2D eigenvalue weighted by atomic mass is 32.2. The van der Waals surface area contributed by atoms with Crippen LogP contribution in [0.5, 0.6) is 0 Å². The van der Waals surface area contributed by atoms with Crippen LogP contribution in [-0.4, -0.2) is 32.0 Å². The first kappa shape index (κ1) is 25.6. The molecule has 0 aliphatic rings. The number of halogens is 6. The number of pyridine rings is 1. The van der Waals surface area contributed by atoms with E-state index in [1.165, 1.54) is 20.0 Å². The standard InChI is InChI=1S/C20H20F6N2O3S/c1-3-32(30,31)17-10-14(20(24,25)26)11-28-18(17)16(29)6-4-5-12-9-13(19(21,22)23)7-8-15(12)27-2/h7-11,27H,3-6H2,1-2H3. The number of anilines is 1. The Bertz CT molecular complexity index is 1100. The summed E-state index contributed by atoms with van der Waals surface area (Å²) in [5.41, 5.74) is -2.07. The fourth-order valence-corrected chi connectivity index (χ4v) is 4.06. The van der Waals surface area contributed by atoms with Gasteiger partial charge in [0.2, 0.25) is 0 Å². The van der Waals surface area contributed by atoms with Crippen LogP contribution in [0.2, 0.25) is 0 Å². The highest BCUT2D eigenvalue weighted by Crippen LogP contribution is 2.33. The first-order valence-electron chi connectivity index (χ1n) is 9.41. The number of Topliss-reactive ketones (excluding diaryl/α,β-unsaturated/α-hetero) is 1. The quantitative estimate of drug-likeness (QED) is 0.416. The highest BCUT2D eigenvalue weighted by molar-refractivity contribution is 7.91. The van der Waals surface area contributed by atoms with Crippen LogP contribution in [-0.2, 0) is 28.6 Å². The Morgan fingerprint density at radius 2 is 1.66 bits per heavy atom. The number of carbonyl (C=O) groups excluding carboxylic acids is 1. The van der Waals surface area contributed by atoms with Gasteiger partial charge < -0.3 is 5.32 Å². The van der Waals surface area contributed by atoms with Crippen molar-refractivity contribution in [1.82, 2.24) is 4.98 Å². The van der Waals surface area contributed by atoms with Crippen LogP contribution in [0.1, 0.15) is 46.9 Å². The van der Waals surface area contributed by atoms with Crippen molar-refractivity contribution < 1.29 is 39.6 Å². The molecular weight excluding hydrogens is 462 g/mol. The first-order valence-corrected chi connectivity index (χ1v) is 11.1. The highest BCUT2D eigenvalue weighted by Gasteiger charge is 2.34. The Balaban J connectivity index is 2.27. The van der Waals surface area contributed by atoms with E-state index in [1.807, 2.05) is 0 Å². The zero-order valence-electron chi connectivity index (χ0n) is 17.1. The van der Waals surface area contributed by atoms with Gasteiger partial charge in [-0.25, -0.2) is 8.42 Å². The normalized spacial score (nSPS) is 12.6. The van der Waals surface area contributed by atoms with Crippen LogP contribution in [0.4, 0.5) is 32.0 Å². The third-order valence-electron chi connectivity index (χ3n) is 4.71. The number of carbonyl (C=O) groups is 1. The number of alkyl halides is 6. The molecule has 1 N–H and O–H groups in total. The molecule has 5 nitrogen and oxygen atoms in total. The first-order chi connectivity index (χ1) is 14.7. The number of ketones is 1. The predicted molar refractivity (Wildman–Crippen MR) is 105 cm³/mol. The third-order valence-corrected chi connectivity index (χ3v) is 6.45. The van der Waals surface area contributed by atoms with Crippen LogP contribution in [0, 0.1) is 0 Å². The SMILES string of the molecule is CCS(=O)(=O)c1cc(C(F)(F)F)cnc1C(=O)CCCc1cc(C(F)(F)F)ccc1NC. The van der Waals surface area contributed by atoms with E-state index in [0.717, 1.165) is 12.1 Å². The molecule has 1 heterocycles. The van der Waals surface area contributed by atoms with Gasteiger partial charge in [-0.1, -0.05) is 6.92 Å². The molecule has 0 unspecified atom stereocenters. The van der Waals surface area contributed by atoms with Crippen LogP contribution in [0.15, 0.2) is 35.4 Å². The monoisotopic (exact) mass is 482 g/mol. The van der Waals surface area contributed by atoms with Crippen LogP contribution >= 0.6 is 0 Å². The maximum absolute atomic E-state index is 13.0. The Hall–Kier alpha value is -2.63. The fourth-order valence-electron chi connectivity index (χ4n) is 2.98. The number of aromatic nitrogens is 1. The Morgan fingerprint density at radius 3 is 2.19 bits per heavy atom. The summed E-state index contributed by atoms with van der Waals surface area (Å²) in [4.78, 5) is 15.2. The molecule has 1 aromatic carbocycles. The van der Waals surface area contributed by atoms with E-state index in [4.69, 9.17) is 0 Å². The van der Waals surface area contributed by atoms with E-state index in [9.17, 15) is 39.6 Å². The van der Waals surface area contributed by atoms with Gasteiger partial charge in [-0.05, 0) is 42.7 Å². The van der Waals surface area contributed by atoms with Gasteiger partial charge in [0.05, 0.1) is 21.8 Å². The molecule has 0 saturated heterocycles. The summed E-state index contributed by atoms with van der Waals surface area (Å²) < 4.78 is 102. The third kappa shape index (κ3) is 5.99. The van der Waals surface area contributed by atoms with Gasteiger partial charge in [0.25, 0.3) is 0 Å². The van der Waals surface area contributed by atoms with Crippen LogP contribution in [0.25, 0.3) is 0 Å². The van der Waals surface area contributed by atoms with Gasteiger partial charge in [-0.15, -0.1) is 0 Å². The van der Waals surface area contributed by atoms with E-state index in [-0.39, 0.29) is 24.8 Å². The van der Waals surface area contributed by atoms with Crippen molar-refractivity contribution >= 4 is 21.3 Å². The maximum Gasteiger partial charge on any atom is 0.417 e. The number of benzene rings is 1. The lowest BCUT2D eigenvalue weighted by atomic mass is 10.0. The molecular formula is C20H20F6N2O3S. The maximum atomic E-state index is 13.0. The summed E-state index contributed by atoms with van der Waals surface area (Å²) in [6.07, 6.45) is -9.26. The lowest BCUT2D eigenvalue weighted by Crippen LogP contribution is -2.16. The van der Waals surface area contributed by atoms with Crippen LogP contribution < -0.4 is 5.32 Å². The van der Waals surface area contributed by atoms with Gasteiger partial charge in [0.15, 0.2) is 15.6 Å². The van der Waals surface area contributed by atoms with Crippen LogP contribution in [0.3, 0.4) is 0 Å². The van der Waals surface area contributed by atoms with Gasteiger partial charge in [-0.3, -0.25) is 9.78 Å². The van der Waals surface area contributed by atoms with Crippen molar-refractivity contribution in [3.63, 3.8) is 0 Å². The number of nitrogens with zero attached hydrogens (tertiary/aromatic N) is 1. The summed E-state index contributed by atoms with van der Waals surface area (Å²) in [6.45, 7) is 1.22.